The van der Waals surface area contributed by atoms with Gasteiger partial charge in [-0.05, 0) is 49.6 Å². The van der Waals surface area contributed by atoms with Gasteiger partial charge in [-0.15, -0.1) is 0 Å². The van der Waals surface area contributed by atoms with Crippen LogP contribution in [-0.4, -0.2) is 28.5 Å². The molecular weight excluding hydrogens is 322 g/mol. The normalized spacial score (nSPS) is 13.8. The predicted molar refractivity (Wildman–Crippen MR) is 108 cm³/mol. The van der Waals surface area contributed by atoms with Gasteiger partial charge in [0.25, 0.3) is 0 Å². The van der Waals surface area contributed by atoms with Gasteiger partial charge in [0.15, 0.2) is 0 Å². The third-order valence-corrected chi connectivity index (χ3v) is 5.26. The van der Waals surface area contributed by atoms with Crippen molar-refractivity contribution in [2.75, 3.05) is 18.4 Å². The maximum Gasteiger partial charge on any atom is 0.128 e. The molecule has 1 aliphatic heterocycles. The fraction of sp³-hybridized carbons (Fsp3) is 0.333. The van der Waals surface area contributed by atoms with Crippen LogP contribution < -0.4 is 10.6 Å². The van der Waals surface area contributed by atoms with E-state index in [1.165, 1.54) is 16.7 Å². The fourth-order valence-corrected chi connectivity index (χ4v) is 3.58. The van der Waals surface area contributed by atoms with Gasteiger partial charge in [0.2, 0.25) is 0 Å². The Kier molecular flexibility index (Phi) is 4.15. The molecule has 0 spiro atoms. The van der Waals surface area contributed by atoms with Gasteiger partial charge in [0.05, 0.1) is 17.7 Å². The number of nitrogens with one attached hydrogen (secondary N) is 2. The molecule has 0 radical (unpaired) electrons. The van der Waals surface area contributed by atoms with E-state index in [-0.39, 0.29) is 0 Å². The summed E-state index contributed by atoms with van der Waals surface area (Å²) in [6.07, 6.45) is 0. The van der Waals surface area contributed by atoms with E-state index in [9.17, 15) is 0 Å². The van der Waals surface area contributed by atoms with Gasteiger partial charge < -0.3 is 15.2 Å². The standard InChI is InChI=1S/C21H25N5/c1-13-6-5-7-14(2)17(13)12-24-18-10-16(21-22-8-9-23-21)11-19-20(18)25-15(3)26(19)4/h5-7,10-11,24H,8-9,12H2,1-4H3,(H,22,23). The first kappa shape index (κ1) is 16.6. The summed E-state index contributed by atoms with van der Waals surface area (Å²) in [5.74, 6) is 1.98. The number of aromatic nitrogens is 2. The van der Waals surface area contributed by atoms with E-state index < -0.39 is 0 Å². The summed E-state index contributed by atoms with van der Waals surface area (Å²) in [6.45, 7) is 8.90. The quantitative estimate of drug-likeness (QED) is 0.760. The minimum Gasteiger partial charge on any atom is -0.379 e. The molecule has 0 unspecified atom stereocenters. The van der Waals surface area contributed by atoms with Crippen molar-refractivity contribution in [3.8, 4) is 0 Å². The highest BCUT2D eigenvalue weighted by molar-refractivity contribution is 6.05. The zero-order chi connectivity index (χ0) is 18.3. The van der Waals surface area contributed by atoms with E-state index in [0.717, 1.165) is 53.6 Å². The van der Waals surface area contributed by atoms with Gasteiger partial charge in [-0.1, -0.05) is 18.2 Å². The van der Waals surface area contributed by atoms with Gasteiger partial charge in [-0.25, -0.2) is 4.98 Å². The minimum absolute atomic E-state index is 0.784. The lowest BCUT2D eigenvalue weighted by atomic mass is 10.0. The molecule has 0 saturated heterocycles. The summed E-state index contributed by atoms with van der Waals surface area (Å²) >= 11 is 0. The maximum absolute atomic E-state index is 4.78. The van der Waals surface area contributed by atoms with Gasteiger partial charge in [-0.2, -0.15) is 0 Å². The predicted octanol–water partition coefficient (Wildman–Crippen LogP) is 3.46. The molecule has 5 heteroatoms. The summed E-state index contributed by atoms with van der Waals surface area (Å²) < 4.78 is 2.14. The van der Waals surface area contributed by atoms with Crippen molar-refractivity contribution in [1.82, 2.24) is 14.9 Å². The zero-order valence-corrected chi connectivity index (χ0v) is 15.8. The van der Waals surface area contributed by atoms with Crippen molar-refractivity contribution in [3.63, 3.8) is 0 Å². The highest BCUT2D eigenvalue weighted by Crippen LogP contribution is 2.27. The van der Waals surface area contributed by atoms with Crippen molar-refractivity contribution in [2.45, 2.75) is 27.3 Å². The summed E-state index contributed by atoms with van der Waals surface area (Å²) in [5, 5.41) is 7.01. The first-order valence-electron chi connectivity index (χ1n) is 9.09. The fourth-order valence-electron chi connectivity index (χ4n) is 3.58. The highest BCUT2D eigenvalue weighted by Gasteiger charge is 2.16. The van der Waals surface area contributed by atoms with Crippen molar-refractivity contribution in [1.29, 1.82) is 0 Å². The number of benzene rings is 2. The van der Waals surface area contributed by atoms with E-state index in [1.807, 2.05) is 6.92 Å². The molecule has 2 aromatic carbocycles. The molecular formula is C21H25N5. The van der Waals surface area contributed by atoms with E-state index in [4.69, 9.17) is 4.98 Å². The van der Waals surface area contributed by atoms with Crippen LogP contribution in [0.2, 0.25) is 0 Å². The number of hydrogen-bond acceptors (Lipinski definition) is 4. The molecule has 26 heavy (non-hydrogen) atoms. The highest BCUT2D eigenvalue weighted by atomic mass is 15.1. The molecule has 0 fully saturated rings. The van der Waals surface area contributed by atoms with Crippen molar-refractivity contribution in [3.05, 3.63) is 58.4 Å². The van der Waals surface area contributed by atoms with Crippen molar-refractivity contribution >= 4 is 22.6 Å². The number of imidazole rings is 1. The topological polar surface area (TPSA) is 54.2 Å². The lowest BCUT2D eigenvalue weighted by Gasteiger charge is -2.14. The third kappa shape index (κ3) is 2.83. The Morgan fingerprint density at radius 3 is 2.62 bits per heavy atom. The molecule has 0 saturated carbocycles. The van der Waals surface area contributed by atoms with E-state index in [1.54, 1.807) is 0 Å². The van der Waals surface area contributed by atoms with Gasteiger partial charge in [0, 0.05) is 25.7 Å². The van der Waals surface area contributed by atoms with Crippen LogP contribution in [0.3, 0.4) is 0 Å². The Balaban J connectivity index is 1.76. The van der Waals surface area contributed by atoms with Crippen molar-refractivity contribution in [2.24, 2.45) is 12.0 Å². The SMILES string of the molecule is Cc1cccc(C)c1CNc1cc(C2=NCCN2)cc2c1nc(C)n2C. The molecule has 0 aliphatic carbocycles. The average Bonchev–Trinajstić information content (AvgIpc) is 3.24. The number of hydrogen-bond donors (Lipinski definition) is 2. The van der Waals surface area contributed by atoms with Crippen LogP contribution in [-0.2, 0) is 13.6 Å². The molecule has 0 bridgehead atoms. The van der Waals surface area contributed by atoms with Crippen LogP contribution in [0.5, 0.6) is 0 Å². The molecule has 1 aliphatic rings. The van der Waals surface area contributed by atoms with Gasteiger partial charge in [0.1, 0.15) is 17.2 Å². The number of anilines is 1. The second kappa shape index (κ2) is 6.48. The lowest BCUT2D eigenvalue weighted by molar-refractivity contribution is 0.886. The number of aliphatic imine (C=N–C) groups is 1. The molecule has 0 atom stereocenters. The number of fused-ring (bicyclic) bond motifs is 1. The number of amidine groups is 1. The third-order valence-electron chi connectivity index (χ3n) is 5.26. The molecule has 2 heterocycles. The van der Waals surface area contributed by atoms with Gasteiger partial charge in [-0.3, -0.25) is 4.99 Å². The molecule has 3 aromatic rings. The first-order chi connectivity index (χ1) is 12.5. The van der Waals surface area contributed by atoms with Crippen LogP contribution in [0.25, 0.3) is 11.0 Å². The number of nitrogens with zero attached hydrogens (tertiary/aromatic N) is 3. The molecule has 1 aromatic heterocycles. The zero-order valence-electron chi connectivity index (χ0n) is 15.8. The summed E-state index contributed by atoms with van der Waals surface area (Å²) in [6, 6.07) is 10.8. The van der Waals surface area contributed by atoms with Crippen molar-refractivity contribution < 1.29 is 0 Å². The molecule has 5 nitrogen and oxygen atoms in total. The molecule has 134 valence electrons. The monoisotopic (exact) mass is 347 g/mol. The minimum atomic E-state index is 0.784. The summed E-state index contributed by atoms with van der Waals surface area (Å²) in [5.41, 5.74) is 8.27. The molecule has 2 N–H and O–H groups in total. The number of rotatable bonds is 4. The summed E-state index contributed by atoms with van der Waals surface area (Å²) in [4.78, 5) is 9.36. The smallest absolute Gasteiger partial charge is 0.128 e. The summed E-state index contributed by atoms with van der Waals surface area (Å²) in [7, 11) is 2.06. The lowest BCUT2D eigenvalue weighted by Crippen LogP contribution is -2.19. The van der Waals surface area contributed by atoms with E-state index >= 15 is 0 Å². The van der Waals surface area contributed by atoms with Crippen LogP contribution in [0.4, 0.5) is 5.69 Å². The molecule has 0 amide bonds. The Hall–Kier alpha value is -2.82. The van der Waals surface area contributed by atoms with Crippen LogP contribution in [0, 0.1) is 20.8 Å². The average molecular weight is 347 g/mol. The van der Waals surface area contributed by atoms with Crippen LogP contribution >= 0.6 is 0 Å². The Morgan fingerprint density at radius 2 is 1.92 bits per heavy atom. The van der Waals surface area contributed by atoms with E-state index in [2.05, 4.69) is 71.4 Å². The van der Waals surface area contributed by atoms with Crippen LogP contribution in [0.1, 0.15) is 28.1 Å². The Labute approximate surface area is 154 Å². The van der Waals surface area contributed by atoms with Crippen LogP contribution in [0.15, 0.2) is 35.3 Å². The number of aryl methyl sites for hydroxylation is 4. The Bertz CT molecular complexity index is 993. The second-order valence-electron chi connectivity index (χ2n) is 6.99. The first-order valence-corrected chi connectivity index (χ1v) is 9.09. The molecule has 4 rings (SSSR count). The van der Waals surface area contributed by atoms with Gasteiger partial charge >= 0.3 is 0 Å². The Morgan fingerprint density at radius 1 is 1.15 bits per heavy atom. The largest absolute Gasteiger partial charge is 0.379 e. The van der Waals surface area contributed by atoms with E-state index in [0.29, 0.717) is 0 Å². The maximum atomic E-state index is 4.78. The second-order valence-corrected chi connectivity index (χ2v) is 6.99.